The molecule has 0 saturated carbocycles. The Kier molecular flexibility index (Phi) is 5.55. The van der Waals surface area contributed by atoms with E-state index >= 15 is 0 Å². The third-order valence-corrected chi connectivity index (χ3v) is 5.72. The van der Waals surface area contributed by atoms with Crippen LogP contribution in [0.4, 0.5) is 5.82 Å². The number of rotatable bonds is 3. The molecular weight excluding hydrogens is 352 g/mol. The largest absolute Gasteiger partial charge is 0.353 e. The normalized spacial score (nSPS) is 18.2. The predicted octanol–water partition coefficient (Wildman–Crippen LogP) is 2.28. The van der Waals surface area contributed by atoms with Crippen molar-refractivity contribution >= 4 is 17.6 Å². The maximum Gasteiger partial charge on any atom is 0.253 e. The molecule has 0 unspecified atom stereocenters. The number of pyridine rings is 1. The van der Waals surface area contributed by atoms with Gasteiger partial charge in [-0.15, -0.1) is 0 Å². The number of hydrogen-bond donors (Lipinski definition) is 0. The van der Waals surface area contributed by atoms with Gasteiger partial charge in [-0.3, -0.25) is 9.59 Å². The molecule has 3 heterocycles. The second kappa shape index (κ2) is 8.42. The maximum atomic E-state index is 12.9. The zero-order valence-corrected chi connectivity index (χ0v) is 16.0. The molecule has 2 saturated heterocycles. The molecule has 4 rings (SSSR count). The summed E-state index contributed by atoms with van der Waals surface area (Å²) in [6, 6.07) is 15.3. The molecular formula is C22H26N4O2. The second-order valence-electron chi connectivity index (χ2n) is 7.43. The van der Waals surface area contributed by atoms with E-state index in [4.69, 9.17) is 0 Å². The number of hydrogen-bond acceptors (Lipinski definition) is 4. The van der Waals surface area contributed by atoms with Crippen molar-refractivity contribution in [2.24, 2.45) is 5.92 Å². The van der Waals surface area contributed by atoms with Crippen molar-refractivity contribution in [2.45, 2.75) is 12.8 Å². The first-order chi connectivity index (χ1) is 13.7. The van der Waals surface area contributed by atoms with Gasteiger partial charge in [-0.05, 0) is 37.1 Å². The van der Waals surface area contributed by atoms with Crippen LogP contribution in [-0.2, 0) is 4.79 Å². The van der Waals surface area contributed by atoms with Gasteiger partial charge in [0.1, 0.15) is 5.82 Å². The van der Waals surface area contributed by atoms with E-state index in [1.807, 2.05) is 58.3 Å². The fourth-order valence-corrected chi connectivity index (χ4v) is 4.05. The molecule has 0 aliphatic carbocycles. The van der Waals surface area contributed by atoms with Gasteiger partial charge < -0.3 is 14.7 Å². The number of carbonyl (C=O) groups is 2. The van der Waals surface area contributed by atoms with E-state index in [1.54, 1.807) is 6.20 Å². The molecule has 0 spiro atoms. The van der Waals surface area contributed by atoms with E-state index in [0.29, 0.717) is 13.1 Å². The van der Waals surface area contributed by atoms with E-state index in [1.165, 1.54) is 0 Å². The Labute approximate surface area is 165 Å². The van der Waals surface area contributed by atoms with Gasteiger partial charge in [0.15, 0.2) is 0 Å². The quantitative estimate of drug-likeness (QED) is 0.822. The van der Waals surface area contributed by atoms with Gasteiger partial charge in [-0.1, -0.05) is 24.3 Å². The van der Waals surface area contributed by atoms with Crippen molar-refractivity contribution in [3.63, 3.8) is 0 Å². The van der Waals surface area contributed by atoms with Crippen LogP contribution < -0.4 is 4.90 Å². The van der Waals surface area contributed by atoms with Crippen LogP contribution in [0.15, 0.2) is 54.7 Å². The SMILES string of the molecule is O=C(c1ccccc1)N1CCC(C(=O)N2CCN(c3ccccn3)CC2)CC1. The van der Waals surface area contributed by atoms with Gasteiger partial charge in [0, 0.05) is 56.9 Å². The molecule has 28 heavy (non-hydrogen) atoms. The van der Waals surface area contributed by atoms with Gasteiger partial charge in [0.2, 0.25) is 5.91 Å². The number of piperidine rings is 1. The molecule has 0 radical (unpaired) electrons. The molecule has 0 N–H and O–H groups in total. The Bertz CT molecular complexity index is 796. The summed E-state index contributed by atoms with van der Waals surface area (Å²) in [6.45, 7) is 4.40. The number of benzene rings is 1. The number of piperazine rings is 1. The number of likely N-dealkylation sites (tertiary alicyclic amines) is 1. The summed E-state index contributed by atoms with van der Waals surface area (Å²) in [5, 5.41) is 0. The van der Waals surface area contributed by atoms with E-state index in [2.05, 4.69) is 9.88 Å². The van der Waals surface area contributed by atoms with Crippen LogP contribution in [0.1, 0.15) is 23.2 Å². The molecule has 6 heteroatoms. The fourth-order valence-electron chi connectivity index (χ4n) is 4.05. The maximum absolute atomic E-state index is 12.9. The summed E-state index contributed by atoms with van der Waals surface area (Å²) in [5.41, 5.74) is 0.720. The molecule has 2 aliphatic heterocycles. The lowest BCUT2D eigenvalue weighted by molar-refractivity contribution is -0.137. The van der Waals surface area contributed by atoms with Crippen molar-refractivity contribution in [1.29, 1.82) is 0 Å². The van der Waals surface area contributed by atoms with E-state index in [0.717, 1.165) is 50.4 Å². The lowest BCUT2D eigenvalue weighted by atomic mass is 9.94. The molecule has 0 atom stereocenters. The van der Waals surface area contributed by atoms with E-state index in [-0.39, 0.29) is 17.7 Å². The van der Waals surface area contributed by atoms with Crippen LogP contribution in [0.25, 0.3) is 0 Å². The fraction of sp³-hybridized carbons (Fsp3) is 0.409. The number of anilines is 1. The smallest absolute Gasteiger partial charge is 0.253 e. The summed E-state index contributed by atoms with van der Waals surface area (Å²) in [7, 11) is 0. The molecule has 1 aromatic heterocycles. The molecule has 1 aromatic carbocycles. The minimum Gasteiger partial charge on any atom is -0.353 e. The average Bonchev–Trinajstić information content (AvgIpc) is 2.79. The summed E-state index contributed by atoms with van der Waals surface area (Å²) >= 11 is 0. The standard InChI is InChI=1S/C22H26N4O2/c27-21(18-6-2-1-3-7-18)25-12-9-19(10-13-25)22(28)26-16-14-24(15-17-26)20-8-4-5-11-23-20/h1-8,11,19H,9-10,12-17H2. The Morgan fingerprint density at radius 1 is 0.786 bits per heavy atom. The van der Waals surface area contributed by atoms with E-state index in [9.17, 15) is 9.59 Å². The predicted molar refractivity (Wildman–Crippen MR) is 108 cm³/mol. The van der Waals surface area contributed by atoms with E-state index < -0.39 is 0 Å². The number of aromatic nitrogens is 1. The van der Waals surface area contributed by atoms with Gasteiger partial charge in [-0.2, -0.15) is 0 Å². The van der Waals surface area contributed by atoms with Crippen LogP contribution >= 0.6 is 0 Å². The summed E-state index contributed by atoms with van der Waals surface area (Å²) < 4.78 is 0. The average molecular weight is 378 g/mol. The Morgan fingerprint density at radius 2 is 1.46 bits per heavy atom. The molecule has 2 aliphatic rings. The van der Waals surface area contributed by atoms with Crippen molar-refractivity contribution in [3.05, 3.63) is 60.3 Å². The minimum atomic E-state index is 0.0289. The van der Waals surface area contributed by atoms with Crippen LogP contribution in [-0.4, -0.2) is 65.9 Å². The highest BCUT2D eigenvalue weighted by atomic mass is 16.2. The molecule has 2 fully saturated rings. The lowest BCUT2D eigenvalue weighted by Gasteiger charge is -2.39. The summed E-state index contributed by atoms with van der Waals surface area (Å²) in [4.78, 5) is 36.0. The number of carbonyl (C=O) groups excluding carboxylic acids is 2. The highest BCUT2D eigenvalue weighted by Crippen LogP contribution is 2.22. The second-order valence-corrected chi connectivity index (χ2v) is 7.43. The Balaban J connectivity index is 1.27. The third kappa shape index (κ3) is 4.01. The monoisotopic (exact) mass is 378 g/mol. The molecule has 0 bridgehead atoms. The van der Waals surface area contributed by atoms with Crippen molar-refractivity contribution < 1.29 is 9.59 Å². The topological polar surface area (TPSA) is 56.8 Å². The lowest BCUT2D eigenvalue weighted by Crippen LogP contribution is -2.52. The van der Waals surface area contributed by atoms with Gasteiger partial charge in [-0.25, -0.2) is 4.98 Å². The van der Waals surface area contributed by atoms with Gasteiger partial charge in [0.05, 0.1) is 0 Å². The first-order valence-electron chi connectivity index (χ1n) is 10.0. The van der Waals surface area contributed by atoms with Crippen LogP contribution in [0.2, 0.25) is 0 Å². The third-order valence-electron chi connectivity index (χ3n) is 5.72. The minimum absolute atomic E-state index is 0.0289. The van der Waals surface area contributed by atoms with Crippen molar-refractivity contribution in [2.75, 3.05) is 44.2 Å². The first-order valence-corrected chi connectivity index (χ1v) is 10.0. The number of amides is 2. The zero-order chi connectivity index (χ0) is 19.3. The van der Waals surface area contributed by atoms with Crippen molar-refractivity contribution in [1.82, 2.24) is 14.8 Å². The Hall–Kier alpha value is -2.89. The molecule has 2 aromatic rings. The summed E-state index contributed by atoms with van der Waals surface area (Å²) in [6.07, 6.45) is 3.30. The van der Waals surface area contributed by atoms with Gasteiger partial charge >= 0.3 is 0 Å². The van der Waals surface area contributed by atoms with Crippen LogP contribution in [0.3, 0.4) is 0 Å². The highest BCUT2D eigenvalue weighted by Gasteiger charge is 2.32. The first kappa shape index (κ1) is 18.5. The molecule has 2 amide bonds. The van der Waals surface area contributed by atoms with Crippen molar-refractivity contribution in [3.8, 4) is 0 Å². The highest BCUT2D eigenvalue weighted by molar-refractivity contribution is 5.94. The Morgan fingerprint density at radius 3 is 2.11 bits per heavy atom. The zero-order valence-electron chi connectivity index (χ0n) is 16.0. The van der Waals surface area contributed by atoms with Crippen LogP contribution in [0, 0.1) is 5.92 Å². The van der Waals surface area contributed by atoms with Crippen LogP contribution in [0.5, 0.6) is 0 Å². The number of nitrogens with zero attached hydrogens (tertiary/aromatic N) is 4. The molecule has 6 nitrogen and oxygen atoms in total. The van der Waals surface area contributed by atoms with Gasteiger partial charge in [0.25, 0.3) is 5.91 Å². The summed E-state index contributed by atoms with van der Waals surface area (Å²) in [5.74, 6) is 1.31. The molecule has 146 valence electrons.